The van der Waals surface area contributed by atoms with Crippen LogP contribution in [-0.2, 0) is 31.0 Å². The summed E-state index contributed by atoms with van der Waals surface area (Å²) >= 11 is 0. The SMILES string of the molecule is Cc1cccc(C)c1P(=O)(O)CCOCCOCCP(=O)(O)c1c(C(F)(F)F)cccc1C(F)(F)F. The summed E-state index contributed by atoms with van der Waals surface area (Å²) < 4.78 is 115. The van der Waals surface area contributed by atoms with Crippen LogP contribution in [0.4, 0.5) is 26.3 Å². The summed E-state index contributed by atoms with van der Waals surface area (Å²) in [5, 5.41) is -1.35. The highest BCUT2D eigenvalue weighted by atomic mass is 31.2. The van der Waals surface area contributed by atoms with Crippen LogP contribution in [0.5, 0.6) is 0 Å². The number of alkyl halides is 6. The zero-order valence-electron chi connectivity index (χ0n) is 19.4. The first-order valence-electron chi connectivity index (χ1n) is 10.6. The maximum Gasteiger partial charge on any atom is 0.417 e. The van der Waals surface area contributed by atoms with Gasteiger partial charge in [-0.3, -0.25) is 9.13 Å². The molecule has 0 heterocycles. The minimum absolute atomic E-state index is 0.114. The molecule has 0 radical (unpaired) electrons. The maximum absolute atomic E-state index is 13.3. The van der Waals surface area contributed by atoms with E-state index in [1.54, 1.807) is 32.0 Å². The highest BCUT2D eigenvalue weighted by Crippen LogP contribution is 2.48. The zero-order chi connectivity index (χ0) is 27.4. The zero-order valence-corrected chi connectivity index (χ0v) is 21.2. The molecule has 0 saturated heterocycles. The third kappa shape index (κ3) is 7.91. The van der Waals surface area contributed by atoms with E-state index in [0.717, 1.165) is 0 Å². The molecule has 0 aliphatic carbocycles. The van der Waals surface area contributed by atoms with E-state index >= 15 is 0 Å². The molecule has 0 aliphatic heterocycles. The van der Waals surface area contributed by atoms with Gasteiger partial charge in [-0.25, -0.2) is 0 Å². The van der Waals surface area contributed by atoms with Crippen LogP contribution in [0.3, 0.4) is 0 Å². The van der Waals surface area contributed by atoms with Crippen molar-refractivity contribution < 1.29 is 54.7 Å². The fourth-order valence-electron chi connectivity index (χ4n) is 3.66. The summed E-state index contributed by atoms with van der Waals surface area (Å²) in [7, 11) is -8.81. The predicted molar refractivity (Wildman–Crippen MR) is 123 cm³/mol. The third-order valence-corrected chi connectivity index (χ3v) is 9.40. The second-order valence-corrected chi connectivity index (χ2v) is 12.6. The summed E-state index contributed by atoms with van der Waals surface area (Å²) in [5.74, 6) is 0. The van der Waals surface area contributed by atoms with E-state index in [9.17, 15) is 45.3 Å². The number of halogens is 6. The van der Waals surface area contributed by atoms with Gasteiger partial charge < -0.3 is 19.3 Å². The normalized spacial score (nSPS) is 15.9. The number of hydrogen-bond acceptors (Lipinski definition) is 4. The maximum atomic E-state index is 13.3. The summed E-state index contributed by atoms with van der Waals surface area (Å²) in [4.78, 5) is 20.5. The van der Waals surface area contributed by atoms with E-state index in [4.69, 9.17) is 9.47 Å². The Hall–Kier alpha value is -1.68. The Kier molecular flexibility index (Phi) is 10.0. The fraction of sp³-hybridized carbons (Fsp3) is 0.455. The topological polar surface area (TPSA) is 93.1 Å². The average Bonchev–Trinajstić information content (AvgIpc) is 2.73. The minimum Gasteiger partial charge on any atom is -0.378 e. The number of aryl methyl sites for hydroxylation is 2. The average molecular weight is 562 g/mol. The quantitative estimate of drug-likeness (QED) is 0.231. The van der Waals surface area contributed by atoms with Gasteiger partial charge in [0.1, 0.15) is 0 Å². The summed E-state index contributed by atoms with van der Waals surface area (Å²) in [6, 6.07) is 6.35. The third-order valence-electron chi connectivity index (χ3n) is 5.23. The Labute approximate surface area is 204 Å². The first kappa shape index (κ1) is 30.5. The van der Waals surface area contributed by atoms with Crippen molar-refractivity contribution in [3.63, 3.8) is 0 Å². The van der Waals surface area contributed by atoms with Gasteiger partial charge in [-0.05, 0) is 37.1 Å². The number of rotatable bonds is 11. The fourth-order valence-corrected chi connectivity index (χ4v) is 7.26. The molecule has 6 nitrogen and oxygen atoms in total. The molecule has 0 fully saturated rings. The van der Waals surface area contributed by atoms with Crippen molar-refractivity contribution in [2.75, 3.05) is 38.8 Å². The number of hydrogen-bond donors (Lipinski definition) is 2. The molecule has 0 amide bonds. The van der Waals surface area contributed by atoms with Crippen LogP contribution < -0.4 is 10.6 Å². The van der Waals surface area contributed by atoms with E-state index < -0.39 is 56.3 Å². The molecule has 2 aromatic carbocycles. The molecule has 2 N–H and O–H groups in total. The molecule has 0 aromatic heterocycles. The second-order valence-electron chi connectivity index (χ2n) is 8.01. The molecule has 0 bridgehead atoms. The molecule has 0 aliphatic rings. The Balaban J connectivity index is 1.91. The lowest BCUT2D eigenvalue weighted by atomic mass is 10.1. The Morgan fingerprint density at radius 3 is 1.42 bits per heavy atom. The summed E-state index contributed by atoms with van der Waals surface area (Å²) in [6.07, 6.45) is -11.7. The molecule has 2 unspecified atom stereocenters. The van der Waals surface area contributed by atoms with Crippen LogP contribution in [0, 0.1) is 13.8 Å². The monoisotopic (exact) mass is 562 g/mol. The van der Waals surface area contributed by atoms with E-state index in [1.165, 1.54) is 0 Å². The highest BCUT2D eigenvalue weighted by Gasteiger charge is 2.45. The van der Waals surface area contributed by atoms with Gasteiger partial charge in [0, 0.05) is 5.30 Å². The lowest BCUT2D eigenvalue weighted by Crippen LogP contribution is -2.29. The van der Waals surface area contributed by atoms with Crippen molar-refractivity contribution in [3.05, 3.63) is 58.7 Å². The molecule has 202 valence electrons. The van der Waals surface area contributed by atoms with Crippen molar-refractivity contribution >= 4 is 25.3 Å². The van der Waals surface area contributed by atoms with E-state index in [-0.39, 0.29) is 26.0 Å². The van der Waals surface area contributed by atoms with Crippen LogP contribution in [0.25, 0.3) is 0 Å². The van der Waals surface area contributed by atoms with Crippen LogP contribution in [0.1, 0.15) is 22.3 Å². The molecule has 2 rings (SSSR count). The summed E-state index contributed by atoms with van der Waals surface area (Å²) in [6.45, 7) is 2.38. The lowest BCUT2D eigenvalue weighted by molar-refractivity contribution is -0.141. The highest BCUT2D eigenvalue weighted by molar-refractivity contribution is 7.66. The van der Waals surface area contributed by atoms with Gasteiger partial charge in [0.25, 0.3) is 0 Å². The molecule has 14 heteroatoms. The molecule has 0 saturated carbocycles. The molecule has 2 aromatic rings. The number of ether oxygens (including phenoxy) is 2. The van der Waals surface area contributed by atoms with Crippen molar-refractivity contribution in [1.29, 1.82) is 0 Å². The molecular formula is C22H26F6O6P2. The molecular weight excluding hydrogens is 536 g/mol. The van der Waals surface area contributed by atoms with Crippen molar-refractivity contribution in [1.82, 2.24) is 0 Å². The predicted octanol–water partition coefficient (Wildman–Crippen LogP) is 4.87. The minimum atomic E-state index is -5.27. The van der Waals surface area contributed by atoms with Gasteiger partial charge in [0.05, 0.1) is 55.2 Å². The summed E-state index contributed by atoms with van der Waals surface area (Å²) in [5.41, 5.74) is -2.33. The Morgan fingerprint density at radius 2 is 1.03 bits per heavy atom. The van der Waals surface area contributed by atoms with Gasteiger partial charge >= 0.3 is 12.4 Å². The Bertz CT molecular complexity index is 1100. The Morgan fingerprint density at radius 1 is 0.667 bits per heavy atom. The van der Waals surface area contributed by atoms with Crippen LogP contribution in [0.2, 0.25) is 0 Å². The van der Waals surface area contributed by atoms with Gasteiger partial charge in [-0.2, -0.15) is 26.3 Å². The number of benzene rings is 2. The smallest absolute Gasteiger partial charge is 0.378 e. The lowest BCUT2D eigenvalue weighted by Gasteiger charge is -2.22. The van der Waals surface area contributed by atoms with Crippen LogP contribution >= 0.6 is 14.7 Å². The molecule has 2 atom stereocenters. The van der Waals surface area contributed by atoms with Gasteiger partial charge in [-0.15, -0.1) is 0 Å². The molecule has 36 heavy (non-hydrogen) atoms. The van der Waals surface area contributed by atoms with Gasteiger partial charge in [0.2, 0.25) is 14.7 Å². The second kappa shape index (κ2) is 11.8. The van der Waals surface area contributed by atoms with E-state index in [1.807, 2.05) is 0 Å². The van der Waals surface area contributed by atoms with Crippen molar-refractivity contribution in [2.24, 2.45) is 0 Å². The van der Waals surface area contributed by atoms with E-state index in [2.05, 4.69) is 0 Å². The van der Waals surface area contributed by atoms with Crippen LogP contribution in [0.15, 0.2) is 36.4 Å². The van der Waals surface area contributed by atoms with Crippen molar-refractivity contribution in [2.45, 2.75) is 26.2 Å². The largest absolute Gasteiger partial charge is 0.417 e. The van der Waals surface area contributed by atoms with Gasteiger partial charge in [-0.1, -0.05) is 24.3 Å². The molecule has 0 spiro atoms. The van der Waals surface area contributed by atoms with Gasteiger partial charge in [0.15, 0.2) is 0 Å². The first-order valence-corrected chi connectivity index (χ1v) is 14.3. The van der Waals surface area contributed by atoms with E-state index in [0.29, 0.717) is 34.6 Å². The van der Waals surface area contributed by atoms with Crippen LogP contribution in [-0.4, -0.2) is 48.5 Å². The first-order chi connectivity index (χ1) is 16.5. The standard InChI is InChI=1S/C22H26F6O6P2/c1-15-5-3-6-16(2)19(15)35(29,30)13-11-33-9-10-34-12-14-36(31,32)20-17(21(23,24)25)7-4-8-18(20)22(26,27)28/h3-8H,9-14H2,1-2H3,(H,29,30)(H,31,32). The van der Waals surface area contributed by atoms with Crippen molar-refractivity contribution in [3.8, 4) is 0 Å².